The van der Waals surface area contributed by atoms with Gasteiger partial charge in [-0.2, -0.15) is 0 Å². The molecule has 0 radical (unpaired) electrons. The fourth-order valence-corrected chi connectivity index (χ4v) is 4.03. The SMILES string of the molecule is COCCn1cc(NC(=O)N2CCN(c3ccccc3Cl)CC2)c2ccccc21. The second kappa shape index (κ2) is 8.76. The predicted octanol–water partition coefficient (Wildman–Crippen LogP) is 4.30. The van der Waals surface area contributed by atoms with Crippen LogP contribution in [0.5, 0.6) is 0 Å². The number of ether oxygens (including phenoxy) is 1. The molecule has 1 aliphatic rings. The topological polar surface area (TPSA) is 49.7 Å². The Balaban J connectivity index is 1.43. The van der Waals surface area contributed by atoms with Crippen molar-refractivity contribution in [3.05, 3.63) is 59.8 Å². The van der Waals surface area contributed by atoms with Gasteiger partial charge in [0.1, 0.15) is 0 Å². The Morgan fingerprint density at radius 2 is 1.79 bits per heavy atom. The molecule has 2 amide bonds. The molecule has 4 rings (SSSR count). The number of hydrogen-bond donors (Lipinski definition) is 1. The van der Waals surface area contributed by atoms with E-state index in [1.165, 1.54) is 0 Å². The summed E-state index contributed by atoms with van der Waals surface area (Å²) >= 11 is 6.31. The molecule has 0 aliphatic carbocycles. The number of nitrogens with one attached hydrogen (secondary N) is 1. The van der Waals surface area contributed by atoms with Gasteiger partial charge >= 0.3 is 6.03 Å². The van der Waals surface area contributed by atoms with E-state index < -0.39 is 0 Å². The van der Waals surface area contributed by atoms with Crippen LogP contribution < -0.4 is 10.2 Å². The Morgan fingerprint density at radius 3 is 2.55 bits per heavy atom. The van der Waals surface area contributed by atoms with Crippen LogP contribution in [-0.2, 0) is 11.3 Å². The molecule has 1 saturated heterocycles. The first-order valence-electron chi connectivity index (χ1n) is 9.79. The van der Waals surface area contributed by atoms with Gasteiger partial charge in [-0.05, 0) is 18.2 Å². The molecular formula is C22H25ClN4O2. The van der Waals surface area contributed by atoms with E-state index >= 15 is 0 Å². The number of aromatic nitrogens is 1. The van der Waals surface area contributed by atoms with E-state index in [-0.39, 0.29) is 6.03 Å². The Labute approximate surface area is 175 Å². The minimum Gasteiger partial charge on any atom is -0.383 e. The van der Waals surface area contributed by atoms with E-state index in [0.29, 0.717) is 19.7 Å². The highest BCUT2D eigenvalue weighted by Gasteiger charge is 2.23. The van der Waals surface area contributed by atoms with Gasteiger partial charge in [0.15, 0.2) is 0 Å². The number of carbonyl (C=O) groups is 1. The number of nitrogens with zero attached hydrogens (tertiary/aromatic N) is 3. The molecule has 0 bridgehead atoms. The summed E-state index contributed by atoms with van der Waals surface area (Å²) in [5.74, 6) is 0. The Kier molecular flexibility index (Phi) is 5.92. The number of para-hydroxylation sites is 2. The average molecular weight is 413 g/mol. The third kappa shape index (κ3) is 4.18. The van der Waals surface area contributed by atoms with E-state index in [2.05, 4.69) is 20.9 Å². The van der Waals surface area contributed by atoms with Crippen molar-refractivity contribution in [2.75, 3.05) is 50.1 Å². The number of anilines is 2. The van der Waals surface area contributed by atoms with Gasteiger partial charge in [0.25, 0.3) is 0 Å². The summed E-state index contributed by atoms with van der Waals surface area (Å²) in [7, 11) is 1.69. The maximum absolute atomic E-state index is 12.9. The highest BCUT2D eigenvalue weighted by molar-refractivity contribution is 6.33. The number of rotatable bonds is 5. The number of benzene rings is 2. The van der Waals surface area contributed by atoms with E-state index in [0.717, 1.165) is 46.9 Å². The third-order valence-corrected chi connectivity index (χ3v) is 5.65. The van der Waals surface area contributed by atoms with Crippen molar-refractivity contribution < 1.29 is 9.53 Å². The molecule has 152 valence electrons. The first-order chi connectivity index (χ1) is 14.2. The molecule has 1 aliphatic heterocycles. The van der Waals surface area contributed by atoms with Crippen molar-refractivity contribution >= 4 is 39.9 Å². The molecule has 1 aromatic heterocycles. The quantitative estimate of drug-likeness (QED) is 0.679. The number of carbonyl (C=O) groups excluding carboxylic acids is 1. The summed E-state index contributed by atoms with van der Waals surface area (Å²) in [4.78, 5) is 17.0. The van der Waals surface area contributed by atoms with Crippen molar-refractivity contribution in [2.45, 2.75) is 6.54 Å². The fraction of sp³-hybridized carbons (Fsp3) is 0.318. The molecule has 2 aromatic carbocycles. The summed E-state index contributed by atoms with van der Waals surface area (Å²) < 4.78 is 7.32. The maximum atomic E-state index is 12.9. The molecule has 0 atom stereocenters. The van der Waals surface area contributed by atoms with Crippen LogP contribution >= 0.6 is 11.6 Å². The van der Waals surface area contributed by atoms with Gasteiger partial charge in [0.2, 0.25) is 0 Å². The van der Waals surface area contributed by atoms with Gasteiger partial charge in [0.05, 0.1) is 28.5 Å². The number of amides is 2. The second-order valence-electron chi connectivity index (χ2n) is 7.10. The fourth-order valence-electron chi connectivity index (χ4n) is 3.77. The van der Waals surface area contributed by atoms with Crippen molar-refractivity contribution in [2.24, 2.45) is 0 Å². The van der Waals surface area contributed by atoms with Crippen molar-refractivity contribution in [3.8, 4) is 0 Å². The largest absolute Gasteiger partial charge is 0.383 e. The molecule has 29 heavy (non-hydrogen) atoms. The predicted molar refractivity (Wildman–Crippen MR) is 118 cm³/mol. The maximum Gasteiger partial charge on any atom is 0.322 e. The summed E-state index contributed by atoms with van der Waals surface area (Å²) in [5, 5.41) is 4.88. The lowest BCUT2D eigenvalue weighted by atomic mass is 10.2. The number of urea groups is 1. The van der Waals surface area contributed by atoms with Gasteiger partial charge in [-0.3, -0.25) is 0 Å². The number of hydrogen-bond acceptors (Lipinski definition) is 3. The number of methoxy groups -OCH3 is 1. The summed E-state index contributed by atoms with van der Waals surface area (Å²) in [5.41, 5.74) is 2.94. The van der Waals surface area contributed by atoms with Gasteiger partial charge in [0, 0.05) is 51.4 Å². The van der Waals surface area contributed by atoms with Crippen LogP contribution in [0.2, 0.25) is 5.02 Å². The van der Waals surface area contributed by atoms with Crippen LogP contribution in [0.4, 0.5) is 16.2 Å². The third-order valence-electron chi connectivity index (χ3n) is 5.33. The lowest BCUT2D eigenvalue weighted by molar-refractivity contribution is 0.188. The van der Waals surface area contributed by atoms with Crippen LogP contribution in [0.1, 0.15) is 0 Å². The van der Waals surface area contributed by atoms with Gasteiger partial charge in [-0.25, -0.2) is 4.79 Å². The second-order valence-corrected chi connectivity index (χ2v) is 7.51. The molecule has 1 fully saturated rings. The zero-order chi connectivity index (χ0) is 20.2. The monoisotopic (exact) mass is 412 g/mol. The highest BCUT2D eigenvalue weighted by atomic mass is 35.5. The van der Waals surface area contributed by atoms with Crippen molar-refractivity contribution in [3.63, 3.8) is 0 Å². The van der Waals surface area contributed by atoms with Crippen LogP contribution in [0.25, 0.3) is 10.9 Å². The average Bonchev–Trinajstić information content (AvgIpc) is 3.10. The van der Waals surface area contributed by atoms with Crippen LogP contribution in [0.3, 0.4) is 0 Å². The number of piperazine rings is 1. The summed E-state index contributed by atoms with van der Waals surface area (Å²) in [6, 6.07) is 15.8. The first-order valence-corrected chi connectivity index (χ1v) is 10.2. The van der Waals surface area contributed by atoms with Gasteiger partial charge < -0.3 is 24.4 Å². The normalized spacial score (nSPS) is 14.4. The molecule has 0 saturated carbocycles. The molecule has 0 unspecified atom stereocenters. The lowest BCUT2D eigenvalue weighted by Crippen LogP contribution is -2.50. The van der Waals surface area contributed by atoms with Crippen LogP contribution in [0.15, 0.2) is 54.7 Å². The van der Waals surface area contributed by atoms with Crippen molar-refractivity contribution in [1.29, 1.82) is 0 Å². The Bertz CT molecular complexity index is 995. The van der Waals surface area contributed by atoms with E-state index in [9.17, 15) is 4.79 Å². The molecule has 1 N–H and O–H groups in total. The molecular weight excluding hydrogens is 388 g/mol. The Morgan fingerprint density at radius 1 is 1.07 bits per heavy atom. The minimum atomic E-state index is -0.0709. The lowest BCUT2D eigenvalue weighted by Gasteiger charge is -2.36. The molecule has 0 spiro atoms. The van der Waals surface area contributed by atoms with Crippen LogP contribution in [0, 0.1) is 0 Å². The molecule has 3 aromatic rings. The molecule has 7 heteroatoms. The van der Waals surface area contributed by atoms with Crippen LogP contribution in [-0.4, -0.2) is 55.4 Å². The number of halogens is 1. The summed E-state index contributed by atoms with van der Waals surface area (Å²) in [6.07, 6.45) is 1.99. The van der Waals surface area contributed by atoms with Gasteiger partial charge in [-0.15, -0.1) is 0 Å². The minimum absolute atomic E-state index is 0.0709. The van der Waals surface area contributed by atoms with E-state index in [4.69, 9.17) is 16.3 Å². The number of fused-ring (bicyclic) bond motifs is 1. The smallest absolute Gasteiger partial charge is 0.322 e. The Hall–Kier alpha value is -2.70. The van der Waals surface area contributed by atoms with E-state index in [1.54, 1.807) is 7.11 Å². The molecule has 2 heterocycles. The zero-order valence-electron chi connectivity index (χ0n) is 16.5. The van der Waals surface area contributed by atoms with Gasteiger partial charge in [-0.1, -0.05) is 41.9 Å². The highest BCUT2D eigenvalue weighted by Crippen LogP contribution is 2.28. The van der Waals surface area contributed by atoms with E-state index in [1.807, 2.05) is 53.6 Å². The van der Waals surface area contributed by atoms with Crippen molar-refractivity contribution in [1.82, 2.24) is 9.47 Å². The standard InChI is InChI=1S/C22H25ClN4O2/c1-29-15-14-27-16-19(17-6-2-4-8-20(17)27)24-22(28)26-12-10-25(11-13-26)21-9-5-3-7-18(21)23/h2-9,16H,10-15H2,1H3,(H,24,28). The molecule has 6 nitrogen and oxygen atoms in total. The summed E-state index contributed by atoms with van der Waals surface area (Å²) in [6.45, 7) is 4.18. The zero-order valence-corrected chi connectivity index (χ0v) is 17.2. The first kappa shape index (κ1) is 19.6.